The molecule has 4 heterocycles. The fourth-order valence-corrected chi connectivity index (χ4v) is 6.98. The molecule has 0 saturated carbocycles. The lowest BCUT2D eigenvalue weighted by molar-refractivity contribution is 0.0218. The third-order valence-electron chi connectivity index (χ3n) is 9.48. The summed E-state index contributed by atoms with van der Waals surface area (Å²) in [7, 11) is 0. The van der Waals surface area contributed by atoms with Crippen molar-refractivity contribution in [2.75, 3.05) is 13.1 Å². The molecule has 0 radical (unpaired) electrons. The molecule has 0 spiro atoms. The second-order valence-electron chi connectivity index (χ2n) is 14.1. The van der Waals surface area contributed by atoms with Crippen LogP contribution in [-0.4, -0.2) is 62.4 Å². The first-order valence-corrected chi connectivity index (χ1v) is 17.3. The maximum atomic E-state index is 15.5. The molecular weight excluding hydrogens is 633 g/mol. The van der Waals surface area contributed by atoms with Gasteiger partial charge in [-0.15, -0.1) is 0 Å². The first-order chi connectivity index (χ1) is 24.1. The molecule has 2 atom stereocenters. The van der Waals surface area contributed by atoms with Crippen LogP contribution in [0.15, 0.2) is 90.2 Å². The first-order valence-electron chi connectivity index (χ1n) is 17.3. The molecule has 3 aliphatic heterocycles. The Kier molecular flexibility index (Phi) is 9.27. The Labute approximate surface area is 291 Å². The summed E-state index contributed by atoms with van der Waals surface area (Å²) in [6, 6.07) is 22.6. The van der Waals surface area contributed by atoms with E-state index in [4.69, 9.17) is 14.5 Å². The van der Waals surface area contributed by atoms with E-state index in [1.54, 1.807) is 22.1 Å². The van der Waals surface area contributed by atoms with Gasteiger partial charge >= 0.3 is 12.2 Å². The second kappa shape index (κ2) is 13.9. The van der Waals surface area contributed by atoms with E-state index in [9.17, 15) is 9.59 Å². The van der Waals surface area contributed by atoms with E-state index < -0.39 is 5.60 Å². The molecule has 0 bridgehead atoms. The van der Waals surface area contributed by atoms with Crippen LogP contribution < -0.4 is 0 Å². The van der Waals surface area contributed by atoms with Crippen LogP contribution in [0, 0.1) is 5.82 Å². The summed E-state index contributed by atoms with van der Waals surface area (Å²) in [5.41, 5.74) is 6.10. The molecular formula is C40H42FN5O4. The number of likely N-dealkylation sites (tertiary alicyclic amines) is 2. The highest BCUT2D eigenvalue weighted by Gasteiger charge is 2.36. The van der Waals surface area contributed by atoms with Gasteiger partial charge in [-0.2, -0.15) is 0 Å². The lowest BCUT2D eigenvalue weighted by Gasteiger charge is -2.27. The summed E-state index contributed by atoms with van der Waals surface area (Å²) in [5, 5.41) is 0. The largest absolute Gasteiger partial charge is 0.445 e. The monoisotopic (exact) mass is 675 g/mol. The van der Waals surface area contributed by atoms with Gasteiger partial charge in [-0.05, 0) is 86.4 Å². The summed E-state index contributed by atoms with van der Waals surface area (Å²) in [4.78, 5) is 41.7. The third kappa shape index (κ3) is 7.20. The maximum Gasteiger partial charge on any atom is 0.410 e. The van der Waals surface area contributed by atoms with E-state index in [1.807, 2.05) is 87.6 Å². The number of amides is 2. The lowest BCUT2D eigenvalue weighted by Crippen LogP contribution is -2.40. The SMILES string of the molecule is CC(C)(C)OC(=O)N1CCC[C@H]1c1ncc(-c2ccc(-c3ccc(C4=CN=C([C@@H]5CCCN5C(=O)OCc5ccccc5)C4)cc3)cc2F)[nH]1. The van der Waals surface area contributed by atoms with Gasteiger partial charge in [0.25, 0.3) is 0 Å². The van der Waals surface area contributed by atoms with Gasteiger partial charge in [0.2, 0.25) is 0 Å². The van der Waals surface area contributed by atoms with Crippen molar-refractivity contribution < 1.29 is 23.5 Å². The molecule has 7 rings (SSSR count). The van der Waals surface area contributed by atoms with Crippen molar-refractivity contribution in [3.63, 3.8) is 0 Å². The van der Waals surface area contributed by atoms with Crippen molar-refractivity contribution in [1.82, 2.24) is 19.8 Å². The molecule has 258 valence electrons. The number of imidazole rings is 1. The first kappa shape index (κ1) is 33.3. The Morgan fingerprint density at radius 3 is 2.28 bits per heavy atom. The number of aliphatic imine (C=N–C) groups is 1. The number of rotatable bonds is 7. The van der Waals surface area contributed by atoms with Crippen molar-refractivity contribution in [3.05, 3.63) is 108 Å². The van der Waals surface area contributed by atoms with E-state index >= 15 is 4.39 Å². The number of H-pyrrole nitrogens is 1. The number of hydrogen-bond acceptors (Lipinski definition) is 6. The number of ether oxygens (including phenoxy) is 2. The van der Waals surface area contributed by atoms with Gasteiger partial charge in [0.1, 0.15) is 23.8 Å². The lowest BCUT2D eigenvalue weighted by atomic mass is 9.96. The average molecular weight is 676 g/mol. The maximum absolute atomic E-state index is 15.5. The van der Waals surface area contributed by atoms with Gasteiger partial charge in [-0.3, -0.25) is 14.8 Å². The molecule has 3 aromatic carbocycles. The zero-order valence-electron chi connectivity index (χ0n) is 28.7. The Bertz CT molecular complexity index is 1930. The number of allylic oxidation sites excluding steroid dienone is 1. The van der Waals surface area contributed by atoms with Crippen molar-refractivity contribution in [2.45, 2.75) is 77.2 Å². The van der Waals surface area contributed by atoms with Crippen LogP contribution in [-0.2, 0) is 16.1 Å². The van der Waals surface area contributed by atoms with Crippen LogP contribution >= 0.6 is 0 Å². The summed E-state index contributed by atoms with van der Waals surface area (Å²) in [5.74, 6) is 0.261. The number of aromatic nitrogens is 2. The van der Waals surface area contributed by atoms with Crippen molar-refractivity contribution in [3.8, 4) is 22.4 Å². The van der Waals surface area contributed by atoms with Gasteiger partial charge in [0.05, 0.1) is 24.0 Å². The highest BCUT2D eigenvalue weighted by molar-refractivity contribution is 6.03. The van der Waals surface area contributed by atoms with E-state index in [-0.39, 0.29) is 36.7 Å². The summed E-state index contributed by atoms with van der Waals surface area (Å²) in [6.45, 7) is 7.04. The number of carbonyl (C=O) groups is 2. The normalized spacial score (nSPS) is 19.0. The Morgan fingerprint density at radius 1 is 0.880 bits per heavy atom. The number of aromatic amines is 1. The minimum absolute atomic E-state index is 0.0687. The van der Waals surface area contributed by atoms with Crippen LogP contribution in [0.5, 0.6) is 0 Å². The number of benzene rings is 3. The van der Waals surface area contributed by atoms with Gasteiger partial charge in [0, 0.05) is 37.0 Å². The summed E-state index contributed by atoms with van der Waals surface area (Å²) >= 11 is 0. The second-order valence-corrected chi connectivity index (χ2v) is 14.1. The topological polar surface area (TPSA) is 100 Å². The molecule has 9 nitrogen and oxygen atoms in total. The molecule has 0 unspecified atom stereocenters. The van der Waals surface area contributed by atoms with Crippen LogP contribution in [0.4, 0.5) is 14.0 Å². The van der Waals surface area contributed by atoms with E-state index in [1.165, 1.54) is 6.07 Å². The van der Waals surface area contributed by atoms with Crippen LogP contribution in [0.1, 0.15) is 75.9 Å². The fourth-order valence-electron chi connectivity index (χ4n) is 6.98. The molecule has 10 heteroatoms. The summed E-state index contributed by atoms with van der Waals surface area (Å²) < 4.78 is 26.8. The van der Waals surface area contributed by atoms with Gasteiger partial charge < -0.3 is 14.5 Å². The van der Waals surface area contributed by atoms with Crippen LogP contribution in [0.25, 0.3) is 28.0 Å². The molecule has 1 aromatic heterocycles. The minimum Gasteiger partial charge on any atom is -0.445 e. The number of nitrogens with zero attached hydrogens (tertiary/aromatic N) is 4. The predicted molar refractivity (Wildman–Crippen MR) is 191 cm³/mol. The smallest absolute Gasteiger partial charge is 0.410 e. The number of carbonyl (C=O) groups excluding carboxylic acids is 2. The fraction of sp³-hybridized carbons (Fsp3) is 0.350. The summed E-state index contributed by atoms with van der Waals surface area (Å²) in [6.07, 6.45) is 6.90. The predicted octanol–water partition coefficient (Wildman–Crippen LogP) is 8.94. The molecule has 0 aliphatic carbocycles. The molecule has 2 fully saturated rings. The molecule has 2 saturated heterocycles. The van der Waals surface area contributed by atoms with Crippen molar-refractivity contribution in [1.29, 1.82) is 0 Å². The van der Waals surface area contributed by atoms with Crippen LogP contribution in [0.2, 0.25) is 0 Å². The molecule has 2 amide bonds. The van der Waals surface area contributed by atoms with E-state index in [0.29, 0.717) is 36.6 Å². The number of hydrogen-bond donors (Lipinski definition) is 1. The molecule has 3 aliphatic rings. The highest BCUT2D eigenvalue weighted by atomic mass is 19.1. The zero-order chi connectivity index (χ0) is 34.8. The van der Waals surface area contributed by atoms with Gasteiger partial charge in [0.15, 0.2) is 0 Å². The number of nitrogens with one attached hydrogen (secondary N) is 1. The quantitative estimate of drug-likeness (QED) is 0.211. The Hall–Kier alpha value is -5.25. The molecule has 4 aromatic rings. The average Bonchev–Trinajstić information content (AvgIpc) is 3.93. The minimum atomic E-state index is -0.588. The molecule has 50 heavy (non-hydrogen) atoms. The van der Waals surface area contributed by atoms with Gasteiger partial charge in [-0.25, -0.2) is 19.0 Å². The van der Waals surface area contributed by atoms with E-state index in [2.05, 4.69) is 9.97 Å². The number of halogens is 1. The molecule has 1 N–H and O–H groups in total. The third-order valence-corrected chi connectivity index (χ3v) is 9.48. The Morgan fingerprint density at radius 2 is 1.56 bits per heavy atom. The highest BCUT2D eigenvalue weighted by Crippen LogP contribution is 2.35. The van der Waals surface area contributed by atoms with Crippen molar-refractivity contribution in [2.24, 2.45) is 4.99 Å². The Balaban J connectivity index is 0.971. The zero-order valence-corrected chi connectivity index (χ0v) is 28.7. The van der Waals surface area contributed by atoms with Crippen LogP contribution in [0.3, 0.4) is 0 Å². The van der Waals surface area contributed by atoms with E-state index in [0.717, 1.165) is 59.2 Å². The van der Waals surface area contributed by atoms with Crippen molar-refractivity contribution >= 4 is 23.5 Å². The standard InChI is InChI=1S/C40H42FN5O4/c1-40(2,3)50-39(48)46-20-8-12-36(46)37-43-24-34(44-37)31-18-17-29(21-32(31)41)27-13-15-28(16-14-27)30-22-33(42-23-30)35-11-7-19-45(35)38(47)49-25-26-9-5-4-6-10-26/h4-6,9-10,13-18,21,23-24,35-36H,7-8,11-12,19-20,22,25H2,1-3H3,(H,43,44)/t35-,36-/m0/s1. The van der Waals surface area contributed by atoms with Gasteiger partial charge in [-0.1, -0.05) is 60.7 Å².